The van der Waals surface area contributed by atoms with Crippen LogP contribution >= 0.6 is 15.9 Å². The third-order valence-electron chi connectivity index (χ3n) is 5.96. The Morgan fingerprint density at radius 3 is 2.49 bits per heavy atom. The molecule has 1 aromatic heterocycles. The number of rotatable bonds is 9. The molecule has 0 bridgehead atoms. The third-order valence-corrected chi connectivity index (χ3v) is 6.68. The summed E-state index contributed by atoms with van der Waals surface area (Å²) in [5, 5.41) is 2.16. The Balaban J connectivity index is 1.28. The molecule has 0 aliphatic rings. The van der Waals surface area contributed by atoms with Gasteiger partial charge in [-0.2, -0.15) is 0 Å². The maximum absolute atomic E-state index is 13.0. The molecule has 5 rings (SSSR count). The van der Waals surface area contributed by atoms with Gasteiger partial charge in [0.05, 0.1) is 6.54 Å². The second-order valence-corrected chi connectivity index (χ2v) is 9.31. The number of Topliss-reactive ketones (excluding diaryl/α,β-unsaturated/α-hetero) is 1. The van der Waals surface area contributed by atoms with Crippen LogP contribution in [0.1, 0.15) is 15.9 Å². The summed E-state index contributed by atoms with van der Waals surface area (Å²) in [6.07, 6.45) is 0. The average molecular weight is 529 g/mol. The number of ether oxygens (including phenoxy) is 1. The van der Waals surface area contributed by atoms with Crippen LogP contribution in [0.15, 0.2) is 99.9 Å². The van der Waals surface area contributed by atoms with E-state index < -0.39 is 0 Å². The highest BCUT2D eigenvalue weighted by Gasteiger charge is 2.15. The first kappa shape index (κ1) is 23.1. The molecule has 0 atom stereocenters. The van der Waals surface area contributed by atoms with Crippen molar-refractivity contribution in [2.24, 2.45) is 0 Å². The number of nitrogens with two attached hydrogens (primary N) is 1. The van der Waals surface area contributed by atoms with Crippen molar-refractivity contribution in [1.29, 1.82) is 0 Å². The minimum Gasteiger partial charge on any atom is -0.492 e. The highest BCUT2D eigenvalue weighted by molar-refractivity contribution is 9.10. The van der Waals surface area contributed by atoms with Gasteiger partial charge in [0.2, 0.25) is 0 Å². The van der Waals surface area contributed by atoms with Crippen LogP contribution < -0.4 is 10.5 Å². The van der Waals surface area contributed by atoms with Gasteiger partial charge in [0.25, 0.3) is 0 Å². The summed E-state index contributed by atoms with van der Waals surface area (Å²) in [5.74, 6) is 0.757. The lowest BCUT2D eigenvalue weighted by Crippen LogP contribution is -2.33. The molecule has 0 amide bonds. The molecule has 2 N–H and O–H groups in total. The zero-order valence-corrected chi connectivity index (χ0v) is 20.7. The number of carbonyl (C=O) groups excluding carboxylic acids is 1. The van der Waals surface area contributed by atoms with Crippen LogP contribution in [0.3, 0.4) is 0 Å². The number of hydrogen-bond donors (Lipinski definition) is 1. The van der Waals surface area contributed by atoms with Crippen molar-refractivity contribution in [3.8, 4) is 5.75 Å². The predicted octanol–water partition coefficient (Wildman–Crippen LogP) is 6.69. The molecular weight excluding hydrogens is 504 g/mol. The largest absolute Gasteiger partial charge is 0.492 e. The van der Waals surface area contributed by atoms with Gasteiger partial charge in [0.15, 0.2) is 5.78 Å². The van der Waals surface area contributed by atoms with E-state index in [0.29, 0.717) is 30.9 Å². The molecule has 176 valence electrons. The van der Waals surface area contributed by atoms with Gasteiger partial charge in [0, 0.05) is 45.7 Å². The Labute approximate surface area is 212 Å². The van der Waals surface area contributed by atoms with Crippen LogP contribution in [-0.2, 0) is 6.54 Å². The van der Waals surface area contributed by atoms with E-state index in [0.717, 1.165) is 37.7 Å². The molecule has 0 unspecified atom stereocenters. The Morgan fingerprint density at radius 2 is 1.66 bits per heavy atom. The fraction of sp³-hybridized carbons (Fsp3) is 0.138. The van der Waals surface area contributed by atoms with Crippen LogP contribution in [0.25, 0.3) is 21.9 Å². The second-order valence-electron chi connectivity index (χ2n) is 8.46. The Morgan fingerprint density at radius 1 is 0.886 bits per heavy atom. The van der Waals surface area contributed by atoms with Crippen LogP contribution in [0, 0.1) is 0 Å². The van der Waals surface area contributed by atoms with E-state index in [2.05, 4.69) is 39.0 Å². The molecule has 6 heteroatoms. The van der Waals surface area contributed by atoms with E-state index in [-0.39, 0.29) is 12.3 Å². The van der Waals surface area contributed by atoms with E-state index in [1.807, 2.05) is 54.6 Å². The normalized spacial score (nSPS) is 11.4. The quantitative estimate of drug-likeness (QED) is 0.170. The number of nitrogen functional groups attached to an aromatic ring is 1. The number of anilines is 1. The minimum atomic E-state index is 0.0174. The molecule has 1 heterocycles. The van der Waals surface area contributed by atoms with Crippen LogP contribution in [-0.4, -0.2) is 30.4 Å². The van der Waals surface area contributed by atoms with Gasteiger partial charge in [0.1, 0.15) is 23.5 Å². The average Bonchev–Trinajstić information content (AvgIpc) is 3.24. The molecule has 5 nitrogen and oxygen atoms in total. The van der Waals surface area contributed by atoms with Crippen molar-refractivity contribution in [2.45, 2.75) is 6.54 Å². The summed E-state index contributed by atoms with van der Waals surface area (Å²) in [6.45, 7) is 1.94. The van der Waals surface area contributed by atoms with Gasteiger partial charge in [-0.25, -0.2) is 0 Å². The van der Waals surface area contributed by atoms with Crippen molar-refractivity contribution in [1.82, 2.24) is 4.90 Å². The molecule has 0 spiro atoms. The maximum Gasteiger partial charge on any atom is 0.176 e. The molecule has 0 aliphatic heterocycles. The highest BCUT2D eigenvalue weighted by atomic mass is 79.9. The summed E-state index contributed by atoms with van der Waals surface area (Å²) >= 11 is 3.38. The third kappa shape index (κ3) is 5.39. The summed E-state index contributed by atoms with van der Waals surface area (Å²) in [5.41, 5.74) is 9.93. The number of para-hydroxylation sites is 1. The lowest BCUT2D eigenvalue weighted by atomic mass is 10.1. The summed E-state index contributed by atoms with van der Waals surface area (Å²) in [6, 6.07) is 29.3. The Hall–Kier alpha value is -3.61. The van der Waals surface area contributed by atoms with Gasteiger partial charge in [-0.1, -0.05) is 54.6 Å². The Bertz CT molecular complexity index is 1480. The number of fused-ring (bicyclic) bond motifs is 3. The van der Waals surface area contributed by atoms with E-state index >= 15 is 0 Å². The zero-order chi connectivity index (χ0) is 24.2. The molecule has 0 saturated heterocycles. The molecule has 0 radical (unpaired) electrons. The molecule has 0 aliphatic carbocycles. The molecule has 35 heavy (non-hydrogen) atoms. The van der Waals surface area contributed by atoms with Gasteiger partial charge in [-0.15, -0.1) is 0 Å². The number of hydrogen-bond acceptors (Lipinski definition) is 5. The lowest BCUT2D eigenvalue weighted by molar-refractivity contribution is 0.0912. The summed E-state index contributed by atoms with van der Waals surface area (Å²) in [7, 11) is 0. The number of benzene rings is 4. The van der Waals surface area contributed by atoms with Gasteiger partial charge < -0.3 is 14.9 Å². The number of nitrogens with zero attached hydrogens (tertiary/aromatic N) is 1. The topological polar surface area (TPSA) is 68.7 Å². The van der Waals surface area contributed by atoms with E-state index in [1.165, 1.54) is 0 Å². The number of carbonyl (C=O) groups is 1. The monoisotopic (exact) mass is 528 g/mol. The van der Waals surface area contributed by atoms with Gasteiger partial charge in [-0.05, 0) is 51.8 Å². The fourth-order valence-electron chi connectivity index (χ4n) is 4.16. The van der Waals surface area contributed by atoms with Crippen molar-refractivity contribution >= 4 is 49.3 Å². The number of halogens is 1. The molecule has 5 aromatic rings. The summed E-state index contributed by atoms with van der Waals surface area (Å²) in [4.78, 5) is 15.1. The van der Waals surface area contributed by atoms with Crippen molar-refractivity contribution in [3.05, 3.63) is 107 Å². The highest BCUT2D eigenvalue weighted by Crippen LogP contribution is 2.31. The first-order valence-electron chi connectivity index (χ1n) is 11.5. The van der Waals surface area contributed by atoms with Gasteiger partial charge in [-0.3, -0.25) is 9.69 Å². The van der Waals surface area contributed by atoms with Crippen molar-refractivity contribution < 1.29 is 13.9 Å². The van der Waals surface area contributed by atoms with Crippen LogP contribution in [0.2, 0.25) is 0 Å². The van der Waals surface area contributed by atoms with E-state index in [9.17, 15) is 4.79 Å². The predicted molar refractivity (Wildman–Crippen MR) is 144 cm³/mol. The first-order valence-corrected chi connectivity index (χ1v) is 12.2. The Kier molecular flexibility index (Phi) is 6.84. The van der Waals surface area contributed by atoms with E-state index in [1.54, 1.807) is 18.2 Å². The standard InChI is InChI=1S/C29H25BrN2O3/c30-25-13-10-21(16-26(25)31)27(33)19-32(18-20-6-2-1-3-7-20)14-15-34-22-11-12-24-23-8-4-5-9-28(23)35-29(24)17-22/h1-13,16-17H,14-15,18-19,31H2. The van der Waals surface area contributed by atoms with Gasteiger partial charge >= 0.3 is 0 Å². The fourth-order valence-corrected chi connectivity index (χ4v) is 4.40. The van der Waals surface area contributed by atoms with Crippen LogP contribution in [0.5, 0.6) is 5.75 Å². The lowest BCUT2D eigenvalue weighted by Gasteiger charge is -2.22. The minimum absolute atomic E-state index is 0.0174. The smallest absolute Gasteiger partial charge is 0.176 e. The van der Waals surface area contributed by atoms with Crippen molar-refractivity contribution in [2.75, 3.05) is 25.4 Å². The second kappa shape index (κ2) is 10.3. The number of furan rings is 1. The number of ketones is 1. The first-order chi connectivity index (χ1) is 17.1. The maximum atomic E-state index is 13.0. The van der Waals surface area contributed by atoms with Crippen LogP contribution in [0.4, 0.5) is 5.69 Å². The summed E-state index contributed by atoms with van der Waals surface area (Å²) < 4.78 is 12.8. The molecule has 0 fully saturated rings. The van der Waals surface area contributed by atoms with E-state index in [4.69, 9.17) is 14.9 Å². The SMILES string of the molecule is Nc1cc(C(=O)CN(CCOc2ccc3c(c2)oc2ccccc23)Cc2ccccc2)ccc1Br. The zero-order valence-electron chi connectivity index (χ0n) is 19.1. The molecular formula is C29H25BrN2O3. The van der Waals surface area contributed by atoms with Crippen molar-refractivity contribution in [3.63, 3.8) is 0 Å². The molecule has 0 saturated carbocycles. The molecule has 4 aromatic carbocycles.